The lowest BCUT2D eigenvalue weighted by Gasteiger charge is -2.16. The van der Waals surface area contributed by atoms with E-state index >= 15 is 0 Å². The Morgan fingerprint density at radius 2 is 2.12 bits per heavy atom. The van der Waals surface area contributed by atoms with Crippen molar-refractivity contribution in [1.29, 1.82) is 0 Å². The van der Waals surface area contributed by atoms with Crippen molar-refractivity contribution < 1.29 is 14.3 Å². The molecule has 0 aromatic heterocycles. The third kappa shape index (κ3) is 3.89. The third-order valence-corrected chi connectivity index (χ3v) is 3.19. The standard InChI is InChI=1S/C13H20O3Si/c1-4-5-7-10-8-6-9-11(13(14)15)12(10)16-17(2)3/h6,8-9,17H,4-5,7H2,1-3H3,(H,14,15). The molecule has 0 bridgehead atoms. The van der Waals surface area contributed by atoms with Crippen molar-refractivity contribution in [2.45, 2.75) is 39.3 Å². The summed E-state index contributed by atoms with van der Waals surface area (Å²) in [5.74, 6) is -0.317. The van der Waals surface area contributed by atoms with E-state index in [-0.39, 0.29) is 0 Å². The Morgan fingerprint density at radius 3 is 2.65 bits per heavy atom. The summed E-state index contributed by atoms with van der Waals surface area (Å²) in [6.45, 7) is 6.21. The van der Waals surface area contributed by atoms with Crippen LogP contribution in [-0.4, -0.2) is 20.1 Å². The van der Waals surface area contributed by atoms with Gasteiger partial charge in [0.15, 0.2) is 0 Å². The highest BCUT2D eigenvalue weighted by Crippen LogP contribution is 2.26. The van der Waals surface area contributed by atoms with Gasteiger partial charge in [0.05, 0.1) is 0 Å². The monoisotopic (exact) mass is 252 g/mol. The molecule has 1 N–H and O–H groups in total. The summed E-state index contributed by atoms with van der Waals surface area (Å²) in [7, 11) is -1.29. The lowest BCUT2D eigenvalue weighted by atomic mass is 10.0. The first kappa shape index (κ1) is 13.8. The molecule has 1 aromatic carbocycles. The van der Waals surface area contributed by atoms with Crippen molar-refractivity contribution >= 4 is 15.0 Å². The van der Waals surface area contributed by atoms with Crippen LogP contribution in [0.15, 0.2) is 18.2 Å². The molecule has 0 spiro atoms. The van der Waals surface area contributed by atoms with Gasteiger partial charge in [-0.05, 0) is 37.6 Å². The fourth-order valence-electron chi connectivity index (χ4n) is 1.69. The van der Waals surface area contributed by atoms with Gasteiger partial charge in [0.25, 0.3) is 0 Å². The number of unbranched alkanes of at least 4 members (excludes halogenated alkanes) is 1. The molecule has 94 valence electrons. The van der Waals surface area contributed by atoms with Crippen molar-refractivity contribution in [2.24, 2.45) is 0 Å². The first-order chi connectivity index (χ1) is 8.06. The van der Waals surface area contributed by atoms with Crippen molar-refractivity contribution in [3.05, 3.63) is 29.3 Å². The van der Waals surface area contributed by atoms with Gasteiger partial charge in [-0.3, -0.25) is 0 Å². The lowest BCUT2D eigenvalue weighted by Crippen LogP contribution is -2.15. The number of benzene rings is 1. The predicted molar refractivity (Wildman–Crippen MR) is 71.5 cm³/mol. The maximum absolute atomic E-state index is 11.2. The third-order valence-electron chi connectivity index (χ3n) is 2.48. The van der Waals surface area contributed by atoms with E-state index in [1.807, 2.05) is 19.2 Å². The fraction of sp³-hybridized carbons (Fsp3) is 0.462. The molecular weight excluding hydrogens is 232 g/mol. The van der Waals surface area contributed by atoms with Gasteiger partial charge in [-0.15, -0.1) is 0 Å². The predicted octanol–water partition coefficient (Wildman–Crippen LogP) is 3.09. The molecule has 1 rings (SSSR count). The molecule has 0 unspecified atom stereocenters. The Morgan fingerprint density at radius 1 is 1.41 bits per heavy atom. The number of hydrogen-bond acceptors (Lipinski definition) is 2. The molecule has 0 amide bonds. The molecule has 17 heavy (non-hydrogen) atoms. The van der Waals surface area contributed by atoms with E-state index in [4.69, 9.17) is 9.53 Å². The fourth-order valence-corrected chi connectivity index (χ4v) is 2.44. The number of rotatable bonds is 6. The van der Waals surface area contributed by atoms with E-state index in [9.17, 15) is 4.79 Å². The van der Waals surface area contributed by atoms with Gasteiger partial charge in [-0.1, -0.05) is 25.5 Å². The Labute approximate surface area is 104 Å². The van der Waals surface area contributed by atoms with Crippen LogP contribution in [0.3, 0.4) is 0 Å². The summed E-state index contributed by atoms with van der Waals surface area (Å²) >= 11 is 0. The van der Waals surface area contributed by atoms with Crippen molar-refractivity contribution in [3.63, 3.8) is 0 Å². The highest BCUT2D eigenvalue weighted by atomic mass is 28.3. The van der Waals surface area contributed by atoms with Crippen LogP contribution in [0.5, 0.6) is 5.75 Å². The summed E-state index contributed by atoms with van der Waals surface area (Å²) < 4.78 is 5.79. The van der Waals surface area contributed by atoms with Gasteiger partial charge >= 0.3 is 5.97 Å². The molecule has 3 nitrogen and oxygen atoms in total. The Hall–Kier alpha value is -1.29. The van der Waals surface area contributed by atoms with Gasteiger partial charge in [-0.2, -0.15) is 0 Å². The zero-order valence-electron chi connectivity index (χ0n) is 10.7. The molecular formula is C13H20O3Si. The second-order valence-electron chi connectivity index (χ2n) is 4.37. The van der Waals surface area contributed by atoms with Crippen LogP contribution in [0.25, 0.3) is 0 Å². The van der Waals surface area contributed by atoms with E-state index in [2.05, 4.69) is 6.92 Å². The summed E-state index contributed by atoms with van der Waals surface area (Å²) in [4.78, 5) is 11.2. The molecule has 0 aliphatic heterocycles. The van der Waals surface area contributed by atoms with Crippen LogP contribution in [-0.2, 0) is 6.42 Å². The number of carbonyl (C=O) groups is 1. The minimum absolute atomic E-state index is 0.291. The molecule has 0 saturated carbocycles. The summed E-state index contributed by atoms with van der Waals surface area (Å²) in [5.41, 5.74) is 1.31. The Kier molecular flexibility index (Phi) is 5.22. The zero-order chi connectivity index (χ0) is 12.8. The SMILES string of the molecule is CCCCc1cccc(C(=O)O)c1O[SiH](C)C. The van der Waals surface area contributed by atoms with E-state index in [0.29, 0.717) is 11.3 Å². The number of carboxylic acid groups (broad SMARTS) is 1. The first-order valence-corrected chi connectivity index (χ1v) is 8.86. The Balaban J connectivity index is 3.09. The normalized spacial score (nSPS) is 10.6. The summed E-state index contributed by atoms with van der Waals surface area (Å²) in [6, 6.07) is 5.38. The first-order valence-electron chi connectivity index (χ1n) is 6.08. The highest BCUT2D eigenvalue weighted by molar-refractivity contribution is 6.49. The second kappa shape index (κ2) is 6.44. The van der Waals surface area contributed by atoms with Crippen LogP contribution < -0.4 is 4.43 Å². The minimum Gasteiger partial charge on any atom is -0.546 e. The van der Waals surface area contributed by atoms with Crippen LogP contribution in [0.4, 0.5) is 0 Å². The topological polar surface area (TPSA) is 46.5 Å². The van der Waals surface area contributed by atoms with Gasteiger partial charge in [0, 0.05) is 0 Å². The molecule has 4 heteroatoms. The molecule has 1 aromatic rings. The molecule has 0 aliphatic carbocycles. The van der Waals surface area contributed by atoms with Gasteiger partial charge in [-0.25, -0.2) is 4.79 Å². The number of hydrogen-bond donors (Lipinski definition) is 1. The minimum atomic E-state index is -1.29. The molecule has 0 fully saturated rings. The smallest absolute Gasteiger partial charge is 0.339 e. The maximum Gasteiger partial charge on any atom is 0.339 e. The molecule has 0 heterocycles. The molecule has 0 radical (unpaired) electrons. The van der Waals surface area contributed by atoms with Crippen LogP contribution in [0, 0.1) is 0 Å². The second-order valence-corrected chi connectivity index (χ2v) is 6.70. The van der Waals surface area contributed by atoms with Crippen LogP contribution >= 0.6 is 0 Å². The molecule has 0 aliphatic rings. The van der Waals surface area contributed by atoms with E-state index < -0.39 is 15.0 Å². The van der Waals surface area contributed by atoms with E-state index in [0.717, 1.165) is 24.8 Å². The number of aromatic carboxylic acids is 1. The van der Waals surface area contributed by atoms with Gasteiger partial charge in [0.1, 0.15) is 11.3 Å². The highest BCUT2D eigenvalue weighted by Gasteiger charge is 2.16. The zero-order valence-corrected chi connectivity index (χ0v) is 11.8. The number of carboxylic acids is 1. The van der Waals surface area contributed by atoms with E-state index in [1.165, 1.54) is 0 Å². The van der Waals surface area contributed by atoms with Gasteiger partial charge in [0.2, 0.25) is 9.04 Å². The van der Waals surface area contributed by atoms with Crippen LogP contribution in [0.2, 0.25) is 13.1 Å². The average molecular weight is 252 g/mol. The van der Waals surface area contributed by atoms with Crippen molar-refractivity contribution in [1.82, 2.24) is 0 Å². The van der Waals surface area contributed by atoms with Crippen LogP contribution in [0.1, 0.15) is 35.7 Å². The van der Waals surface area contributed by atoms with Crippen molar-refractivity contribution in [3.8, 4) is 5.75 Å². The Bertz CT molecular complexity index is 388. The molecule has 0 atom stereocenters. The van der Waals surface area contributed by atoms with Crippen molar-refractivity contribution in [2.75, 3.05) is 0 Å². The quantitative estimate of drug-likeness (QED) is 0.791. The van der Waals surface area contributed by atoms with Gasteiger partial charge < -0.3 is 9.53 Å². The molecule has 0 saturated heterocycles. The number of para-hydroxylation sites is 1. The number of aryl methyl sites for hydroxylation is 1. The summed E-state index contributed by atoms with van der Waals surface area (Å²) in [6.07, 6.45) is 3.03. The largest absolute Gasteiger partial charge is 0.546 e. The van der Waals surface area contributed by atoms with E-state index in [1.54, 1.807) is 12.1 Å². The summed E-state index contributed by atoms with van der Waals surface area (Å²) in [5, 5.41) is 9.16. The lowest BCUT2D eigenvalue weighted by molar-refractivity contribution is 0.0694. The average Bonchev–Trinajstić information content (AvgIpc) is 2.26. The maximum atomic E-state index is 11.2.